The number of aryl methyl sites for hydroxylation is 2. The molecule has 5 rings (SSSR count). The van der Waals surface area contributed by atoms with Crippen molar-refractivity contribution in [2.75, 3.05) is 5.75 Å². The molecule has 0 aromatic carbocycles. The van der Waals surface area contributed by atoms with E-state index in [2.05, 4.69) is 31.3 Å². The predicted molar refractivity (Wildman–Crippen MR) is 92.5 cm³/mol. The van der Waals surface area contributed by atoms with Gasteiger partial charge in [-0.3, -0.25) is 0 Å². The molecule has 116 valence electrons. The SMILES string of the molecule is C=C(C)CSc1nnc2n3ncnc3c3c4c(sc3n12)CCC4. The Morgan fingerprint density at radius 3 is 3.17 bits per heavy atom. The van der Waals surface area contributed by atoms with E-state index in [-0.39, 0.29) is 0 Å². The highest BCUT2D eigenvalue weighted by Gasteiger charge is 2.25. The molecule has 0 N–H and O–H groups in total. The van der Waals surface area contributed by atoms with E-state index in [1.54, 1.807) is 18.1 Å². The maximum absolute atomic E-state index is 4.49. The van der Waals surface area contributed by atoms with Gasteiger partial charge in [-0.05, 0) is 31.7 Å². The number of nitrogens with zero attached hydrogens (tertiary/aromatic N) is 6. The summed E-state index contributed by atoms with van der Waals surface area (Å²) in [6.45, 7) is 6.00. The number of hydrogen-bond acceptors (Lipinski definition) is 6. The largest absolute Gasteiger partial charge is 0.260 e. The topological polar surface area (TPSA) is 60.4 Å². The van der Waals surface area contributed by atoms with Gasteiger partial charge in [0.05, 0.1) is 5.39 Å². The fraction of sp³-hybridized carbons (Fsp3) is 0.333. The van der Waals surface area contributed by atoms with Gasteiger partial charge in [0.1, 0.15) is 11.2 Å². The molecular weight excluding hydrogens is 328 g/mol. The molecule has 0 saturated carbocycles. The van der Waals surface area contributed by atoms with Crippen LogP contribution in [0.3, 0.4) is 0 Å². The second-order valence-corrected chi connectivity index (χ2v) is 7.92. The van der Waals surface area contributed by atoms with Crippen molar-refractivity contribution in [3.63, 3.8) is 0 Å². The van der Waals surface area contributed by atoms with E-state index in [1.807, 2.05) is 22.8 Å². The second-order valence-electron chi connectivity index (χ2n) is 5.90. The highest BCUT2D eigenvalue weighted by atomic mass is 32.2. The number of aromatic nitrogens is 6. The minimum Gasteiger partial charge on any atom is -0.244 e. The van der Waals surface area contributed by atoms with E-state index < -0.39 is 0 Å². The van der Waals surface area contributed by atoms with Crippen LogP contribution in [0.15, 0.2) is 23.6 Å². The minimum atomic E-state index is 0.731. The molecule has 0 fully saturated rings. The summed E-state index contributed by atoms with van der Waals surface area (Å²) in [5, 5.41) is 15.2. The summed E-state index contributed by atoms with van der Waals surface area (Å²) in [7, 11) is 0. The van der Waals surface area contributed by atoms with Gasteiger partial charge in [0.25, 0.3) is 5.78 Å². The average molecular weight is 342 g/mol. The molecule has 23 heavy (non-hydrogen) atoms. The van der Waals surface area contributed by atoms with Gasteiger partial charge in [-0.25, -0.2) is 9.38 Å². The second kappa shape index (κ2) is 4.78. The Morgan fingerprint density at radius 2 is 2.30 bits per heavy atom. The Kier molecular flexibility index (Phi) is 2.81. The lowest BCUT2D eigenvalue weighted by Crippen LogP contribution is -1.99. The van der Waals surface area contributed by atoms with Crippen LogP contribution in [-0.2, 0) is 12.8 Å². The van der Waals surface area contributed by atoms with Crippen LogP contribution in [0, 0.1) is 0 Å². The fourth-order valence-electron chi connectivity index (χ4n) is 3.19. The van der Waals surface area contributed by atoms with E-state index in [0.29, 0.717) is 0 Å². The van der Waals surface area contributed by atoms with E-state index in [0.717, 1.165) is 40.7 Å². The number of thiophene rings is 1. The normalized spacial score (nSPS) is 14.3. The van der Waals surface area contributed by atoms with Crippen molar-refractivity contribution in [1.29, 1.82) is 0 Å². The van der Waals surface area contributed by atoms with Crippen molar-refractivity contribution in [2.45, 2.75) is 31.3 Å². The van der Waals surface area contributed by atoms with Crippen LogP contribution in [0.25, 0.3) is 21.6 Å². The highest BCUT2D eigenvalue weighted by molar-refractivity contribution is 7.99. The molecule has 0 aliphatic heterocycles. The summed E-state index contributed by atoms with van der Waals surface area (Å²) < 4.78 is 3.94. The first kappa shape index (κ1) is 13.5. The van der Waals surface area contributed by atoms with Gasteiger partial charge in [-0.1, -0.05) is 23.9 Å². The van der Waals surface area contributed by atoms with Gasteiger partial charge < -0.3 is 0 Å². The molecule has 0 radical (unpaired) electrons. The Labute approximate surface area is 140 Å². The van der Waals surface area contributed by atoms with Crippen molar-refractivity contribution >= 4 is 44.7 Å². The van der Waals surface area contributed by atoms with E-state index >= 15 is 0 Å². The van der Waals surface area contributed by atoms with Gasteiger partial charge in [0.15, 0.2) is 10.8 Å². The summed E-state index contributed by atoms with van der Waals surface area (Å²) >= 11 is 3.52. The molecule has 0 unspecified atom stereocenters. The number of thioether (sulfide) groups is 1. The summed E-state index contributed by atoms with van der Waals surface area (Å²) in [6.07, 6.45) is 5.12. The lowest BCUT2D eigenvalue weighted by atomic mass is 10.2. The molecule has 1 aliphatic carbocycles. The summed E-state index contributed by atoms with van der Waals surface area (Å²) in [5.74, 6) is 1.57. The third-order valence-corrected chi connectivity index (χ3v) is 6.57. The standard InChI is InChI=1S/C15H14N6S2/c1-8(2)6-22-15-19-18-14-20(15)13-11(12-16-7-17-21(12)14)9-4-3-5-10(9)23-13/h7H,1,3-6H2,2H3. The first-order valence-corrected chi connectivity index (χ1v) is 9.32. The van der Waals surface area contributed by atoms with Gasteiger partial charge in [-0.15, -0.1) is 21.5 Å². The van der Waals surface area contributed by atoms with Crippen molar-refractivity contribution in [2.24, 2.45) is 0 Å². The molecule has 0 bridgehead atoms. The summed E-state index contributed by atoms with van der Waals surface area (Å²) in [6, 6.07) is 0. The van der Waals surface area contributed by atoms with Gasteiger partial charge in [0.2, 0.25) is 0 Å². The van der Waals surface area contributed by atoms with Gasteiger partial charge >= 0.3 is 0 Å². The molecule has 8 heteroatoms. The summed E-state index contributed by atoms with van der Waals surface area (Å²) in [4.78, 5) is 7.15. The molecule has 4 heterocycles. The molecular formula is C15H14N6S2. The lowest BCUT2D eigenvalue weighted by Gasteiger charge is -2.04. The Balaban J connectivity index is 1.90. The molecule has 4 aromatic rings. The van der Waals surface area contributed by atoms with Crippen LogP contribution in [-0.4, -0.2) is 34.9 Å². The number of hydrogen-bond donors (Lipinski definition) is 0. The number of rotatable bonds is 3. The van der Waals surface area contributed by atoms with E-state index in [1.165, 1.54) is 27.1 Å². The van der Waals surface area contributed by atoms with Gasteiger partial charge in [0, 0.05) is 10.6 Å². The van der Waals surface area contributed by atoms with Crippen LogP contribution in [0.1, 0.15) is 23.8 Å². The molecule has 0 atom stereocenters. The minimum absolute atomic E-state index is 0.731. The maximum atomic E-state index is 4.49. The average Bonchev–Trinajstić information content (AvgIpc) is 3.25. The maximum Gasteiger partial charge on any atom is 0.260 e. The third kappa shape index (κ3) is 1.82. The van der Waals surface area contributed by atoms with Crippen LogP contribution in [0.4, 0.5) is 0 Å². The zero-order chi connectivity index (χ0) is 15.6. The van der Waals surface area contributed by atoms with Gasteiger partial charge in [-0.2, -0.15) is 9.61 Å². The molecule has 1 aliphatic rings. The zero-order valence-electron chi connectivity index (χ0n) is 12.6. The highest BCUT2D eigenvalue weighted by Crippen LogP contribution is 2.40. The van der Waals surface area contributed by atoms with Crippen LogP contribution < -0.4 is 0 Å². The summed E-state index contributed by atoms with van der Waals surface area (Å²) in [5.41, 5.74) is 3.46. The van der Waals surface area contributed by atoms with E-state index in [4.69, 9.17) is 0 Å². The van der Waals surface area contributed by atoms with Crippen molar-refractivity contribution in [3.05, 3.63) is 28.9 Å². The fourth-order valence-corrected chi connectivity index (χ4v) is 5.41. The zero-order valence-corrected chi connectivity index (χ0v) is 14.2. The van der Waals surface area contributed by atoms with Crippen molar-refractivity contribution in [3.8, 4) is 0 Å². The third-order valence-electron chi connectivity index (χ3n) is 4.13. The Morgan fingerprint density at radius 1 is 1.39 bits per heavy atom. The van der Waals surface area contributed by atoms with Crippen molar-refractivity contribution < 1.29 is 0 Å². The lowest BCUT2D eigenvalue weighted by molar-refractivity contribution is 0.911. The van der Waals surface area contributed by atoms with Crippen molar-refractivity contribution in [1.82, 2.24) is 29.2 Å². The smallest absolute Gasteiger partial charge is 0.244 e. The molecule has 0 amide bonds. The van der Waals surface area contributed by atoms with E-state index in [9.17, 15) is 0 Å². The first-order valence-electron chi connectivity index (χ1n) is 7.52. The van der Waals surface area contributed by atoms with Crippen LogP contribution in [0.2, 0.25) is 0 Å². The molecule has 6 nitrogen and oxygen atoms in total. The molecule has 4 aromatic heterocycles. The Bertz CT molecular complexity index is 1090. The van der Waals surface area contributed by atoms with Crippen LogP contribution in [0.5, 0.6) is 0 Å². The quantitative estimate of drug-likeness (QED) is 0.423. The molecule has 0 saturated heterocycles. The molecule has 0 spiro atoms. The predicted octanol–water partition coefficient (Wildman–Crippen LogP) is 3.14. The first-order chi connectivity index (χ1) is 11.2. The number of fused-ring (bicyclic) bond motifs is 8. The van der Waals surface area contributed by atoms with Crippen LogP contribution >= 0.6 is 23.1 Å². The monoisotopic (exact) mass is 342 g/mol. The Hall–Kier alpha value is -1.93.